The minimum atomic E-state index is -0.325. The Kier molecular flexibility index (Phi) is 3.46. The quantitative estimate of drug-likeness (QED) is 0.926. The Morgan fingerprint density at radius 1 is 1.33 bits per heavy atom. The van der Waals surface area contributed by atoms with Crippen LogP contribution in [0.4, 0.5) is 5.69 Å². The van der Waals surface area contributed by atoms with Gasteiger partial charge in [-0.15, -0.1) is 0 Å². The standard InChI is InChI=1S/C14H17ClN2O/c1-14(2,9-18)17(3)13-6-7-16-12-8-10(15)4-5-11(12)13/h4-8,18H,9H2,1-3H3. The first kappa shape index (κ1) is 13.1. The van der Waals surface area contributed by atoms with E-state index in [1.54, 1.807) is 6.20 Å². The second-order valence-corrected chi connectivity index (χ2v) is 5.46. The summed E-state index contributed by atoms with van der Waals surface area (Å²) in [4.78, 5) is 6.38. The summed E-state index contributed by atoms with van der Waals surface area (Å²) in [5.74, 6) is 0. The number of nitrogens with zero attached hydrogens (tertiary/aromatic N) is 2. The molecule has 4 heteroatoms. The molecular weight excluding hydrogens is 248 g/mol. The summed E-state index contributed by atoms with van der Waals surface area (Å²) >= 11 is 5.97. The molecular formula is C14H17ClN2O. The predicted octanol–water partition coefficient (Wildman–Crippen LogP) is 3.10. The van der Waals surface area contributed by atoms with E-state index in [2.05, 4.69) is 9.88 Å². The Balaban J connectivity index is 2.58. The molecule has 0 radical (unpaired) electrons. The van der Waals surface area contributed by atoms with E-state index < -0.39 is 0 Å². The van der Waals surface area contributed by atoms with E-state index in [0.717, 1.165) is 16.6 Å². The zero-order valence-electron chi connectivity index (χ0n) is 10.8. The largest absolute Gasteiger partial charge is 0.394 e. The van der Waals surface area contributed by atoms with Gasteiger partial charge in [-0.25, -0.2) is 0 Å². The molecule has 0 aliphatic carbocycles. The molecule has 2 aromatic rings. The van der Waals surface area contributed by atoms with Crippen LogP contribution in [0.15, 0.2) is 30.5 Å². The van der Waals surface area contributed by atoms with Gasteiger partial charge in [0.15, 0.2) is 0 Å². The first-order chi connectivity index (χ1) is 8.45. The predicted molar refractivity (Wildman–Crippen MR) is 76.3 cm³/mol. The molecule has 1 aromatic heterocycles. The summed E-state index contributed by atoms with van der Waals surface area (Å²) in [5, 5.41) is 11.2. The maximum Gasteiger partial charge on any atom is 0.0737 e. The molecule has 0 saturated heterocycles. The summed E-state index contributed by atoms with van der Waals surface area (Å²) in [6.45, 7) is 4.07. The number of hydrogen-bond donors (Lipinski definition) is 1. The molecule has 18 heavy (non-hydrogen) atoms. The fourth-order valence-electron chi connectivity index (χ4n) is 1.83. The van der Waals surface area contributed by atoms with Gasteiger partial charge in [-0.05, 0) is 38.1 Å². The van der Waals surface area contributed by atoms with Gasteiger partial charge < -0.3 is 10.0 Å². The third-order valence-corrected chi connectivity index (χ3v) is 3.57. The van der Waals surface area contributed by atoms with Crippen LogP contribution in [0.5, 0.6) is 0 Å². The zero-order chi connectivity index (χ0) is 13.3. The van der Waals surface area contributed by atoms with Crippen molar-refractivity contribution in [3.8, 4) is 0 Å². The van der Waals surface area contributed by atoms with Gasteiger partial charge in [-0.1, -0.05) is 11.6 Å². The molecule has 1 aromatic carbocycles. The molecule has 0 saturated carbocycles. The van der Waals surface area contributed by atoms with Crippen LogP contribution >= 0.6 is 11.6 Å². The van der Waals surface area contributed by atoms with Crippen molar-refractivity contribution in [2.45, 2.75) is 19.4 Å². The van der Waals surface area contributed by atoms with E-state index in [-0.39, 0.29) is 12.1 Å². The molecule has 2 rings (SSSR count). The zero-order valence-corrected chi connectivity index (χ0v) is 11.6. The second kappa shape index (κ2) is 4.75. The van der Waals surface area contributed by atoms with Crippen LogP contribution in [0, 0.1) is 0 Å². The molecule has 1 N–H and O–H groups in total. The van der Waals surface area contributed by atoms with Crippen LogP contribution in [-0.2, 0) is 0 Å². The smallest absolute Gasteiger partial charge is 0.0737 e. The van der Waals surface area contributed by atoms with Gasteiger partial charge in [-0.3, -0.25) is 4.98 Å². The average Bonchev–Trinajstić information content (AvgIpc) is 2.36. The van der Waals surface area contributed by atoms with Crippen molar-refractivity contribution in [2.75, 3.05) is 18.6 Å². The van der Waals surface area contributed by atoms with E-state index in [1.807, 2.05) is 45.2 Å². The minimum Gasteiger partial charge on any atom is -0.394 e. The van der Waals surface area contributed by atoms with Crippen LogP contribution in [-0.4, -0.2) is 29.3 Å². The van der Waals surface area contributed by atoms with Crippen LogP contribution < -0.4 is 4.90 Å². The number of aliphatic hydroxyl groups is 1. The van der Waals surface area contributed by atoms with Gasteiger partial charge in [-0.2, -0.15) is 0 Å². The number of hydrogen-bond acceptors (Lipinski definition) is 3. The van der Waals surface area contributed by atoms with E-state index >= 15 is 0 Å². The van der Waals surface area contributed by atoms with E-state index in [4.69, 9.17) is 11.6 Å². The lowest BCUT2D eigenvalue weighted by molar-refractivity contribution is 0.216. The maximum absolute atomic E-state index is 9.46. The lowest BCUT2D eigenvalue weighted by Gasteiger charge is -2.36. The number of anilines is 1. The van der Waals surface area contributed by atoms with Gasteiger partial charge in [0.25, 0.3) is 0 Å². The lowest BCUT2D eigenvalue weighted by atomic mass is 10.0. The Labute approximate surface area is 112 Å². The van der Waals surface area contributed by atoms with Crippen LogP contribution in [0.25, 0.3) is 10.9 Å². The van der Waals surface area contributed by atoms with Gasteiger partial charge in [0.1, 0.15) is 0 Å². The normalized spacial score (nSPS) is 11.8. The topological polar surface area (TPSA) is 36.4 Å². The number of rotatable bonds is 3. The van der Waals surface area contributed by atoms with E-state index in [1.165, 1.54) is 0 Å². The molecule has 96 valence electrons. The number of halogens is 1. The van der Waals surface area contributed by atoms with Crippen LogP contribution in [0.1, 0.15) is 13.8 Å². The Hall–Kier alpha value is -1.32. The molecule has 0 unspecified atom stereocenters. The van der Waals surface area contributed by atoms with Gasteiger partial charge in [0.05, 0.1) is 17.7 Å². The van der Waals surface area contributed by atoms with Gasteiger partial charge in [0.2, 0.25) is 0 Å². The van der Waals surface area contributed by atoms with Crippen LogP contribution in [0.2, 0.25) is 5.02 Å². The number of aliphatic hydroxyl groups excluding tert-OH is 1. The number of pyridine rings is 1. The summed E-state index contributed by atoms with van der Waals surface area (Å²) in [6, 6.07) is 7.62. The highest BCUT2D eigenvalue weighted by Gasteiger charge is 2.24. The average molecular weight is 265 g/mol. The van der Waals surface area contributed by atoms with E-state index in [0.29, 0.717) is 5.02 Å². The SMILES string of the molecule is CN(c1ccnc2cc(Cl)ccc12)C(C)(C)CO. The van der Waals surface area contributed by atoms with E-state index in [9.17, 15) is 5.11 Å². The molecule has 1 heterocycles. The fourth-order valence-corrected chi connectivity index (χ4v) is 2.00. The Bertz CT molecular complexity index is 569. The first-order valence-electron chi connectivity index (χ1n) is 5.85. The van der Waals surface area contributed by atoms with Crippen LogP contribution in [0.3, 0.4) is 0 Å². The molecule has 0 fully saturated rings. The first-order valence-corrected chi connectivity index (χ1v) is 6.22. The fraction of sp³-hybridized carbons (Fsp3) is 0.357. The molecule has 3 nitrogen and oxygen atoms in total. The van der Waals surface area contributed by atoms with Crippen molar-refractivity contribution in [1.82, 2.24) is 4.98 Å². The van der Waals surface area contributed by atoms with Crippen molar-refractivity contribution in [1.29, 1.82) is 0 Å². The van der Waals surface area contributed by atoms with Crippen molar-refractivity contribution in [2.24, 2.45) is 0 Å². The van der Waals surface area contributed by atoms with Crippen molar-refractivity contribution < 1.29 is 5.11 Å². The third kappa shape index (κ3) is 2.28. The number of aromatic nitrogens is 1. The highest BCUT2D eigenvalue weighted by atomic mass is 35.5. The second-order valence-electron chi connectivity index (χ2n) is 5.02. The highest BCUT2D eigenvalue weighted by molar-refractivity contribution is 6.31. The summed E-state index contributed by atoms with van der Waals surface area (Å²) in [6.07, 6.45) is 1.76. The summed E-state index contributed by atoms with van der Waals surface area (Å²) in [7, 11) is 1.97. The Morgan fingerprint density at radius 2 is 2.06 bits per heavy atom. The van der Waals surface area contributed by atoms with Crippen molar-refractivity contribution >= 4 is 28.2 Å². The highest BCUT2D eigenvalue weighted by Crippen LogP contribution is 2.30. The molecule has 0 atom stereocenters. The number of benzene rings is 1. The van der Waals surface area contributed by atoms with Crippen molar-refractivity contribution in [3.05, 3.63) is 35.5 Å². The molecule has 0 spiro atoms. The Morgan fingerprint density at radius 3 is 2.72 bits per heavy atom. The monoisotopic (exact) mass is 264 g/mol. The molecule has 0 bridgehead atoms. The summed E-state index contributed by atoms with van der Waals surface area (Å²) < 4.78 is 0. The third-order valence-electron chi connectivity index (χ3n) is 3.34. The summed E-state index contributed by atoms with van der Waals surface area (Å²) in [5.41, 5.74) is 1.57. The molecule has 0 aliphatic rings. The minimum absolute atomic E-state index is 0.0842. The lowest BCUT2D eigenvalue weighted by Crippen LogP contribution is -2.44. The molecule has 0 amide bonds. The maximum atomic E-state index is 9.46. The number of fused-ring (bicyclic) bond motifs is 1. The molecule has 0 aliphatic heterocycles. The van der Waals surface area contributed by atoms with Gasteiger partial charge >= 0.3 is 0 Å². The number of likely N-dealkylation sites (N-methyl/N-ethyl adjacent to an activating group) is 1. The van der Waals surface area contributed by atoms with Gasteiger partial charge in [0, 0.05) is 29.3 Å². The van der Waals surface area contributed by atoms with Crippen molar-refractivity contribution in [3.63, 3.8) is 0 Å².